The Morgan fingerprint density at radius 2 is 2.18 bits per heavy atom. The Kier molecular flexibility index (Phi) is 5.72. The lowest BCUT2D eigenvalue weighted by Gasteiger charge is -2.08. The van der Waals surface area contributed by atoms with E-state index in [1.165, 1.54) is 12.8 Å². The van der Waals surface area contributed by atoms with Crippen molar-refractivity contribution in [3.05, 3.63) is 46.1 Å². The van der Waals surface area contributed by atoms with E-state index in [4.69, 9.17) is 4.74 Å². The summed E-state index contributed by atoms with van der Waals surface area (Å²) < 4.78 is 7.20. The molecule has 2 aromatic rings. The number of ether oxygens (including phenoxy) is 1. The molecule has 0 aliphatic heterocycles. The highest BCUT2D eigenvalue weighted by atomic mass is 16.6. The van der Waals surface area contributed by atoms with Crippen molar-refractivity contribution >= 4 is 22.7 Å². The van der Waals surface area contributed by atoms with Crippen LogP contribution in [0.5, 0.6) is 0 Å². The Labute approximate surface area is 130 Å². The van der Waals surface area contributed by atoms with Crippen LogP contribution in [0, 0.1) is 10.1 Å². The van der Waals surface area contributed by atoms with Gasteiger partial charge in [0.15, 0.2) is 0 Å². The minimum atomic E-state index is -0.346. The van der Waals surface area contributed by atoms with E-state index in [9.17, 15) is 10.1 Å². The number of hydrogen-bond acceptors (Lipinski definition) is 3. The summed E-state index contributed by atoms with van der Waals surface area (Å²) in [6, 6.07) is 5.21. The number of rotatable bonds is 8. The molecule has 2 rings (SSSR count). The van der Waals surface area contributed by atoms with Crippen LogP contribution >= 0.6 is 0 Å². The summed E-state index contributed by atoms with van der Waals surface area (Å²) in [5.41, 5.74) is 2.03. The third-order valence-electron chi connectivity index (χ3n) is 3.65. The first kappa shape index (κ1) is 16.2. The lowest BCUT2D eigenvalue weighted by atomic mass is 10.1. The zero-order chi connectivity index (χ0) is 15.9. The largest absolute Gasteiger partial charge is 0.381 e. The van der Waals surface area contributed by atoms with Gasteiger partial charge in [-0.3, -0.25) is 10.1 Å². The maximum atomic E-state index is 11.1. The SMILES string of the molecule is CCCCCn1ccc2cc([N+](=O)[O-])cc(C=CCOC)c21. The van der Waals surface area contributed by atoms with Crippen molar-refractivity contribution < 1.29 is 9.66 Å². The second-order valence-corrected chi connectivity index (χ2v) is 5.30. The van der Waals surface area contributed by atoms with Gasteiger partial charge in [-0.15, -0.1) is 0 Å². The van der Waals surface area contributed by atoms with Crippen LogP contribution in [-0.2, 0) is 11.3 Å². The smallest absolute Gasteiger partial charge is 0.270 e. The van der Waals surface area contributed by atoms with Crippen molar-refractivity contribution in [2.75, 3.05) is 13.7 Å². The summed E-state index contributed by atoms with van der Waals surface area (Å²) in [6.07, 6.45) is 9.25. The number of aryl methyl sites for hydroxylation is 1. The minimum Gasteiger partial charge on any atom is -0.381 e. The topological polar surface area (TPSA) is 57.3 Å². The second-order valence-electron chi connectivity index (χ2n) is 5.30. The first-order valence-corrected chi connectivity index (χ1v) is 7.60. The number of aromatic nitrogens is 1. The number of nitrogens with zero attached hydrogens (tertiary/aromatic N) is 2. The first-order chi connectivity index (χ1) is 10.7. The fourth-order valence-corrected chi connectivity index (χ4v) is 2.59. The predicted octanol–water partition coefficient (Wildman–Crippen LogP) is 4.40. The van der Waals surface area contributed by atoms with Crippen LogP contribution in [0.2, 0.25) is 0 Å². The number of nitro benzene ring substituents is 1. The highest BCUT2D eigenvalue weighted by molar-refractivity contribution is 5.90. The van der Waals surface area contributed by atoms with Crippen LogP contribution in [-0.4, -0.2) is 23.2 Å². The average Bonchev–Trinajstić information content (AvgIpc) is 2.91. The lowest BCUT2D eigenvalue weighted by Crippen LogP contribution is -1.98. The van der Waals surface area contributed by atoms with E-state index in [0.717, 1.165) is 29.4 Å². The monoisotopic (exact) mass is 302 g/mol. The van der Waals surface area contributed by atoms with Crippen LogP contribution in [0.25, 0.3) is 17.0 Å². The van der Waals surface area contributed by atoms with Crippen molar-refractivity contribution in [3.8, 4) is 0 Å². The van der Waals surface area contributed by atoms with Crippen LogP contribution < -0.4 is 0 Å². The van der Waals surface area contributed by atoms with Crippen molar-refractivity contribution in [1.29, 1.82) is 0 Å². The number of fused-ring (bicyclic) bond motifs is 1. The Bertz CT molecular complexity index is 674. The molecular weight excluding hydrogens is 280 g/mol. The molecule has 0 aliphatic carbocycles. The van der Waals surface area contributed by atoms with Crippen molar-refractivity contribution in [2.45, 2.75) is 32.7 Å². The van der Waals surface area contributed by atoms with E-state index in [1.807, 2.05) is 24.4 Å². The van der Waals surface area contributed by atoms with Crippen LogP contribution in [0.15, 0.2) is 30.5 Å². The number of benzene rings is 1. The highest BCUT2D eigenvalue weighted by Crippen LogP contribution is 2.28. The van der Waals surface area contributed by atoms with Gasteiger partial charge in [0, 0.05) is 42.9 Å². The van der Waals surface area contributed by atoms with Crippen LogP contribution in [0.4, 0.5) is 5.69 Å². The molecule has 0 saturated heterocycles. The standard InChI is InChI=1S/C17H22N2O3/c1-3-4-5-9-18-10-8-15-13-16(19(20)21)12-14(17(15)18)7-6-11-22-2/h6-8,10,12-13H,3-5,9,11H2,1-2H3. The van der Waals surface area contributed by atoms with E-state index in [1.54, 1.807) is 19.2 Å². The van der Waals surface area contributed by atoms with Gasteiger partial charge < -0.3 is 9.30 Å². The summed E-state index contributed by atoms with van der Waals surface area (Å²) in [4.78, 5) is 10.7. The molecule has 0 fully saturated rings. The van der Waals surface area contributed by atoms with Crippen molar-refractivity contribution in [2.24, 2.45) is 0 Å². The van der Waals surface area contributed by atoms with Crippen LogP contribution in [0.3, 0.4) is 0 Å². The fourth-order valence-electron chi connectivity index (χ4n) is 2.59. The number of nitro groups is 1. The number of methoxy groups -OCH3 is 1. The van der Waals surface area contributed by atoms with E-state index in [-0.39, 0.29) is 10.6 Å². The molecule has 0 unspecified atom stereocenters. The molecule has 0 aliphatic rings. The number of hydrogen-bond donors (Lipinski definition) is 0. The first-order valence-electron chi connectivity index (χ1n) is 7.60. The van der Waals surface area contributed by atoms with Gasteiger partial charge in [0.25, 0.3) is 5.69 Å². The lowest BCUT2D eigenvalue weighted by molar-refractivity contribution is -0.384. The number of unbranched alkanes of at least 4 members (excludes halogenated alkanes) is 2. The van der Waals surface area contributed by atoms with E-state index < -0.39 is 0 Å². The molecule has 0 saturated carbocycles. The van der Waals surface area contributed by atoms with E-state index in [2.05, 4.69) is 11.5 Å². The molecule has 0 amide bonds. The second kappa shape index (κ2) is 7.75. The molecule has 0 bridgehead atoms. The van der Waals surface area contributed by atoms with Crippen molar-refractivity contribution in [1.82, 2.24) is 4.57 Å². The number of non-ortho nitro benzene ring substituents is 1. The Morgan fingerprint density at radius 1 is 1.36 bits per heavy atom. The van der Waals surface area contributed by atoms with Gasteiger partial charge in [0.05, 0.1) is 17.0 Å². The van der Waals surface area contributed by atoms with Crippen molar-refractivity contribution in [3.63, 3.8) is 0 Å². The highest BCUT2D eigenvalue weighted by Gasteiger charge is 2.13. The molecule has 5 nitrogen and oxygen atoms in total. The molecule has 0 radical (unpaired) electrons. The van der Waals surface area contributed by atoms with Gasteiger partial charge in [-0.1, -0.05) is 31.9 Å². The maximum Gasteiger partial charge on any atom is 0.270 e. The summed E-state index contributed by atoms with van der Waals surface area (Å²) in [6.45, 7) is 3.59. The van der Waals surface area contributed by atoms with E-state index in [0.29, 0.717) is 6.61 Å². The normalized spacial score (nSPS) is 11.5. The third kappa shape index (κ3) is 3.74. The molecule has 118 valence electrons. The molecular formula is C17H22N2O3. The molecule has 1 aromatic carbocycles. The molecule has 0 spiro atoms. The van der Waals surface area contributed by atoms with Crippen LogP contribution in [0.1, 0.15) is 31.7 Å². The zero-order valence-electron chi connectivity index (χ0n) is 13.1. The summed E-state index contributed by atoms with van der Waals surface area (Å²) >= 11 is 0. The van der Waals surface area contributed by atoms with E-state index >= 15 is 0 Å². The van der Waals surface area contributed by atoms with Gasteiger partial charge in [0.2, 0.25) is 0 Å². The Hall–Kier alpha value is -2.14. The van der Waals surface area contributed by atoms with Gasteiger partial charge in [0.1, 0.15) is 0 Å². The zero-order valence-corrected chi connectivity index (χ0v) is 13.1. The quantitative estimate of drug-likeness (QED) is 0.412. The molecule has 0 atom stereocenters. The van der Waals surface area contributed by atoms with Gasteiger partial charge in [-0.2, -0.15) is 0 Å². The summed E-state index contributed by atoms with van der Waals surface area (Å²) in [5, 5.41) is 12.0. The fraction of sp³-hybridized carbons (Fsp3) is 0.412. The maximum absolute atomic E-state index is 11.1. The van der Waals surface area contributed by atoms with Gasteiger partial charge >= 0.3 is 0 Å². The van der Waals surface area contributed by atoms with Gasteiger partial charge in [-0.25, -0.2) is 0 Å². The predicted molar refractivity (Wildman–Crippen MR) is 89.0 cm³/mol. The molecule has 1 aromatic heterocycles. The molecule has 22 heavy (non-hydrogen) atoms. The summed E-state index contributed by atoms with van der Waals surface area (Å²) in [7, 11) is 1.63. The average molecular weight is 302 g/mol. The Balaban J connectivity index is 2.44. The third-order valence-corrected chi connectivity index (χ3v) is 3.65. The Morgan fingerprint density at radius 3 is 2.86 bits per heavy atom. The van der Waals surface area contributed by atoms with Gasteiger partial charge in [-0.05, 0) is 12.5 Å². The molecule has 0 N–H and O–H groups in total. The minimum absolute atomic E-state index is 0.121. The summed E-state index contributed by atoms with van der Waals surface area (Å²) in [5.74, 6) is 0. The molecule has 5 heteroatoms. The molecule has 1 heterocycles.